The molecule has 0 atom stereocenters. The molecule has 2 N–H and O–H groups in total. The number of rotatable bonds is 2. The zero-order valence-electron chi connectivity index (χ0n) is 19.3. The van der Waals surface area contributed by atoms with E-state index in [0.29, 0.717) is 32.1 Å². The summed E-state index contributed by atoms with van der Waals surface area (Å²) in [6, 6.07) is 0.137. The van der Waals surface area contributed by atoms with Crippen LogP contribution >= 0.6 is 24.0 Å². The first-order chi connectivity index (χ1) is 13.3. The van der Waals surface area contributed by atoms with Crippen molar-refractivity contribution in [1.82, 2.24) is 9.80 Å². The van der Waals surface area contributed by atoms with Crippen LogP contribution in [0.15, 0.2) is 4.99 Å². The number of aliphatic imine (C=N–C) groups is 1. The number of piperazine rings is 1. The number of esters is 1. The van der Waals surface area contributed by atoms with Crippen LogP contribution in [0.1, 0.15) is 67.2 Å². The summed E-state index contributed by atoms with van der Waals surface area (Å²) < 4.78 is 10.9. The molecule has 0 aromatic carbocycles. The zero-order chi connectivity index (χ0) is 21.8. The lowest BCUT2D eigenvalue weighted by atomic mass is 9.86. The highest BCUT2D eigenvalue weighted by molar-refractivity contribution is 14.0. The van der Waals surface area contributed by atoms with E-state index in [4.69, 9.17) is 20.2 Å². The Morgan fingerprint density at radius 3 is 1.77 bits per heavy atom. The van der Waals surface area contributed by atoms with Crippen LogP contribution in [-0.4, -0.2) is 71.2 Å². The van der Waals surface area contributed by atoms with E-state index >= 15 is 0 Å². The molecular formula is C21H39IN4O4. The van der Waals surface area contributed by atoms with E-state index < -0.39 is 11.2 Å². The van der Waals surface area contributed by atoms with Gasteiger partial charge in [0.05, 0.1) is 12.0 Å². The highest BCUT2D eigenvalue weighted by atomic mass is 127. The van der Waals surface area contributed by atoms with Gasteiger partial charge < -0.3 is 25.0 Å². The van der Waals surface area contributed by atoms with Crippen molar-refractivity contribution in [2.24, 2.45) is 16.6 Å². The fraction of sp³-hybridized carbons (Fsp3) is 0.857. The molecular weight excluding hydrogens is 499 g/mol. The van der Waals surface area contributed by atoms with Gasteiger partial charge >= 0.3 is 12.1 Å². The first kappa shape index (κ1) is 26.8. The third kappa shape index (κ3) is 8.85. The molecule has 1 saturated heterocycles. The van der Waals surface area contributed by atoms with E-state index in [1.807, 2.05) is 46.4 Å². The number of nitrogens with zero attached hydrogens (tertiary/aromatic N) is 3. The molecule has 1 amide bonds. The molecule has 8 nitrogen and oxygen atoms in total. The smallest absolute Gasteiger partial charge is 0.410 e. The van der Waals surface area contributed by atoms with Crippen LogP contribution in [0, 0.1) is 5.92 Å². The number of hydrogen-bond acceptors (Lipinski definition) is 5. The van der Waals surface area contributed by atoms with Gasteiger partial charge in [0.2, 0.25) is 0 Å². The summed E-state index contributed by atoms with van der Waals surface area (Å²) in [7, 11) is 0. The Morgan fingerprint density at radius 2 is 1.30 bits per heavy atom. The quantitative estimate of drug-likeness (QED) is 0.251. The Kier molecular flexibility index (Phi) is 9.69. The Balaban J connectivity index is 0.00000450. The van der Waals surface area contributed by atoms with E-state index in [-0.39, 0.29) is 48.0 Å². The molecule has 30 heavy (non-hydrogen) atoms. The standard InChI is InChI=1S/C21H38N4O4.HI/c1-20(2,3)28-17(26)15-7-9-16(10-8-15)23-18(22)24-11-13-25(14-12-24)19(27)29-21(4,5)6;/h15-16H,7-14H2,1-6H3,(H2,22,23);1H. The number of guanidine groups is 1. The second kappa shape index (κ2) is 10.9. The van der Waals surface area contributed by atoms with Gasteiger partial charge in [0, 0.05) is 26.2 Å². The maximum atomic E-state index is 12.2. The number of nitrogens with two attached hydrogens (primary N) is 1. The first-order valence-corrected chi connectivity index (χ1v) is 10.6. The predicted molar refractivity (Wildman–Crippen MR) is 128 cm³/mol. The molecule has 0 unspecified atom stereocenters. The van der Waals surface area contributed by atoms with Gasteiger partial charge in [-0.15, -0.1) is 24.0 Å². The molecule has 1 aliphatic carbocycles. The molecule has 1 saturated carbocycles. The number of hydrogen-bond donors (Lipinski definition) is 1. The summed E-state index contributed by atoms with van der Waals surface area (Å²) in [5, 5.41) is 0. The number of halogens is 1. The molecule has 2 rings (SSSR count). The van der Waals surface area contributed by atoms with E-state index in [1.54, 1.807) is 4.90 Å². The molecule has 1 heterocycles. The van der Waals surface area contributed by atoms with Crippen LogP contribution in [0.3, 0.4) is 0 Å². The molecule has 0 aromatic heterocycles. The highest BCUT2D eigenvalue weighted by Crippen LogP contribution is 2.28. The van der Waals surface area contributed by atoms with Gasteiger partial charge in [-0.25, -0.2) is 9.79 Å². The third-order valence-corrected chi connectivity index (χ3v) is 5.01. The lowest BCUT2D eigenvalue weighted by molar-refractivity contribution is -0.161. The van der Waals surface area contributed by atoms with E-state index in [0.717, 1.165) is 25.7 Å². The normalized spacial score (nSPS) is 23.5. The van der Waals surface area contributed by atoms with Crippen molar-refractivity contribution >= 4 is 42.0 Å². The second-order valence-corrected chi connectivity index (χ2v) is 9.98. The average molecular weight is 538 g/mol. The lowest BCUT2D eigenvalue weighted by Crippen LogP contribution is -2.53. The van der Waals surface area contributed by atoms with Gasteiger partial charge in [0.15, 0.2) is 5.96 Å². The highest BCUT2D eigenvalue weighted by Gasteiger charge is 2.31. The van der Waals surface area contributed by atoms with E-state index in [1.165, 1.54) is 0 Å². The first-order valence-electron chi connectivity index (χ1n) is 10.6. The Hall–Kier alpha value is -1.26. The van der Waals surface area contributed by atoms with Crippen LogP contribution in [-0.2, 0) is 14.3 Å². The lowest BCUT2D eigenvalue weighted by Gasteiger charge is -2.36. The summed E-state index contributed by atoms with van der Waals surface area (Å²) in [6.45, 7) is 13.7. The minimum atomic E-state index is -0.493. The molecule has 2 aliphatic rings. The molecule has 0 bridgehead atoms. The summed E-state index contributed by atoms with van der Waals surface area (Å²) in [5.41, 5.74) is 5.29. The van der Waals surface area contributed by atoms with Crippen LogP contribution in [0.25, 0.3) is 0 Å². The average Bonchev–Trinajstić information content (AvgIpc) is 2.59. The van der Waals surface area contributed by atoms with Gasteiger partial charge in [-0.2, -0.15) is 0 Å². The predicted octanol–water partition coefficient (Wildman–Crippen LogP) is 3.37. The summed E-state index contributed by atoms with van der Waals surface area (Å²) >= 11 is 0. The molecule has 9 heteroatoms. The van der Waals surface area contributed by atoms with Crippen LogP contribution < -0.4 is 5.73 Å². The molecule has 1 aliphatic heterocycles. The van der Waals surface area contributed by atoms with Crippen molar-refractivity contribution in [3.8, 4) is 0 Å². The molecule has 0 aromatic rings. The van der Waals surface area contributed by atoms with Crippen LogP contribution in [0.2, 0.25) is 0 Å². The zero-order valence-corrected chi connectivity index (χ0v) is 21.6. The van der Waals surface area contributed by atoms with Crippen LogP contribution in [0.5, 0.6) is 0 Å². The molecule has 0 radical (unpaired) electrons. The fourth-order valence-corrected chi connectivity index (χ4v) is 3.54. The van der Waals surface area contributed by atoms with Crippen molar-refractivity contribution in [3.05, 3.63) is 0 Å². The summed E-state index contributed by atoms with van der Waals surface area (Å²) in [6.07, 6.45) is 2.95. The number of ether oxygens (including phenoxy) is 2. The van der Waals surface area contributed by atoms with Gasteiger partial charge in [-0.1, -0.05) is 0 Å². The van der Waals surface area contributed by atoms with Crippen molar-refractivity contribution in [2.45, 2.75) is 84.5 Å². The Bertz CT molecular complexity index is 611. The van der Waals surface area contributed by atoms with E-state index in [9.17, 15) is 9.59 Å². The molecule has 0 spiro atoms. The Labute approximate surface area is 197 Å². The minimum Gasteiger partial charge on any atom is -0.460 e. The summed E-state index contributed by atoms with van der Waals surface area (Å²) in [4.78, 5) is 32.8. The van der Waals surface area contributed by atoms with Gasteiger partial charge in [0.25, 0.3) is 0 Å². The topological polar surface area (TPSA) is 97.5 Å². The second-order valence-electron chi connectivity index (χ2n) is 9.98. The summed E-state index contributed by atoms with van der Waals surface area (Å²) in [5.74, 6) is 0.375. The molecule has 2 fully saturated rings. The molecule has 174 valence electrons. The van der Waals surface area contributed by atoms with Crippen molar-refractivity contribution in [2.75, 3.05) is 26.2 Å². The number of carbonyl (C=O) groups excluding carboxylic acids is 2. The Morgan fingerprint density at radius 1 is 0.833 bits per heavy atom. The van der Waals surface area contributed by atoms with Gasteiger partial charge in [-0.3, -0.25) is 4.79 Å². The van der Waals surface area contributed by atoms with E-state index in [2.05, 4.69) is 0 Å². The fourth-order valence-electron chi connectivity index (χ4n) is 3.54. The van der Waals surface area contributed by atoms with Crippen molar-refractivity contribution in [3.63, 3.8) is 0 Å². The number of amides is 1. The minimum absolute atomic E-state index is 0. The largest absolute Gasteiger partial charge is 0.460 e. The van der Waals surface area contributed by atoms with Crippen molar-refractivity contribution in [1.29, 1.82) is 0 Å². The SMILES string of the molecule is CC(C)(C)OC(=O)C1CCC(N=C(N)N2CCN(C(=O)OC(C)(C)C)CC2)CC1.I. The maximum absolute atomic E-state index is 12.2. The van der Waals surface area contributed by atoms with Crippen molar-refractivity contribution < 1.29 is 19.1 Å². The maximum Gasteiger partial charge on any atom is 0.410 e. The van der Waals surface area contributed by atoms with Gasteiger partial charge in [-0.05, 0) is 67.2 Å². The van der Waals surface area contributed by atoms with Crippen LogP contribution in [0.4, 0.5) is 4.79 Å². The third-order valence-electron chi connectivity index (χ3n) is 5.01. The number of carbonyl (C=O) groups is 2. The monoisotopic (exact) mass is 538 g/mol. The van der Waals surface area contributed by atoms with Gasteiger partial charge in [0.1, 0.15) is 11.2 Å².